The molecule has 1 aliphatic rings. The van der Waals surface area contributed by atoms with E-state index in [0.29, 0.717) is 19.6 Å². The molecule has 0 saturated carbocycles. The number of rotatable bonds is 5. The van der Waals surface area contributed by atoms with Gasteiger partial charge in [0, 0.05) is 33.1 Å². The SMILES string of the molecule is CNC(=O)C1CNCCN1C(=O)CCS(=O)(=O)c1ccc(F)cc1. The van der Waals surface area contributed by atoms with Crippen molar-refractivity contribution < 1.29 is 22.4 Å². The van der Waals surface area contributed by atoms with Crippen molar-refractivity contribution in [3.05, 3.63) is 30.1 Å². The van der Waals surface area contributed by atoms with Gasteiger partial charge in [-0.25, -0.2) is 12.8 Å². The van der Waals surface area contributed by atoms with E-state index < -0.39 is 27.6 Å². The van der Waals surface area contributed by atoms with Gasteiger partial charge >= 0.3 is 0 Å². The first-order chi connectivity index (χ1) is 11.3. The van der Waals surface area contributed by atoms with E-state index in [1.807, 2.05) is 0 Å². The average Bonchev–Trinajstić information content (AvgIpc) is 2.59. The summed E-state index contributed by atoms with van der Waals surface area (Å²) in [6, 6.07) is 3.82. The van der Waals surface area contributed by atoms with Gasteiger partial charge in [-0.05, 0) is 24.3 Å². The van der Waals surface area contributed by atoms with Crippen LogP contribution in [-0.2, 0) is 19.4 Å². The fourth-order valence-electron chi connectivity index (χ4n) is 2.53. The van der Waals surface area contributed by atoms with E-state index >= 15 is 0 Å². The lowest BCUT2D eigenvalue weighted by atomic mass is 10.1. The van der Waals surface area contributed by atoms with Crippen molar-refractivity contribution in [3.63, 3.8) is 0 Å². The van der Waals surface area contributed by atoms with Crippen LogP contribution in [0.2, 0.25) is 0 Å². The van der Waals surface area contributed by atoms with Gasteiger partial charge in [0.25, 0.3) is 0 Å². The van der Waals surface area contributed by atoms with Crippen molar-refractivity contribution in [1.82, 2.24) is 15.5 Å². The molecule has 2 N–H and O–H groups in total. The number of piperazine rings is 1. The lowest BCUT2D eigenvalue weighted by Crippen LogP contribution is -2.59. The molecule has 24 heavy (non-hydrogen) atoms. The minimum atomic E-state index is -3.68. The number of likely N-dealkylation sites (N-methyl/N-ethyl adjacent to an activating group) is 1. The van der Waals surface area contributed by atoms with Gasteiger partial charge in [-0.1, -0.05) is 0 Å². The van der Waals surface area contributed by atoms with Gasteiger partial charge < -0.3 is 15.5 Å². The summed E-state index contributed by atoms with van der Waals surface area (Å²) in [7, 11) is -2.20. The van der Waals surface area contributed by atoms with Crippen molar-refractivity contribution in [2.24, 2.45) is 0 Å². The number of hydrogen-bond acceptors (Lipinski definition) is 5. The van der Waals surface area contributed by atoms with Crippen molar-refractivity contribution >= 4 is 21.7 Å². The molecule has 1 atom stereocenters. The minimum Gasteiger partial charge on any atom is -0.357 e. The molecular weight excluding hydrogens is 337 g/mol. The molecule has 1 heterocycles. The quantitative estimate of drug-likeness (QED) is 0.695. The number of sulfone groups is 1. The predicted molar refractivity (Wildman–Crippen MR) is 85.5 cm³/mol. The van der Waals surface area contributed by atoms with Crippen molar-refractivity contribution in [3.8, 4) is 0 Å². The smallest absolute Gasteiger partial charge is 0.243 e. The third-order valence-electron chi connectivity index (χ3n) is 3.87. The second kappa shape index (κ2) is 7.71. The summed E-state index contributed by atoms with van der Waals surface area (Å²) >= 11 is 0. The Morgan fingerprint density at radius 2 is 2.00 bits per heavy atom. The minimum absolute atomic E-state index is 0.0279. The van der Waals surface area contributed by atoms with Crippen LogP contribution < -0.4 is 10.6 Å². The van der Waals surface area contributed by atoms with Crippen LogP contribution in [0, 0.1) is 5.82 Å². The fourth-order valence-corrected chi connectivity index (χ4v) is 3.76. The lowest BCUT2D eigenvalue weighted by molar-refractivity contribution is -0.141. The monoisotopic (exact) mass is 357 g/mol. The third-order valence-corrected chi connectivity index (χ3v) is 5.60. The second-order valence-electron chi connectivity index (χ2n) is 5.44. The van der Waals surface area contributed by atoms with E-state index in [2.05, 4.69) is 10.6 Å². The summed E-state index contributed by atoms with van der Waals surface area (Å²) in [4.78, 5) is 25.6. The number of nitrogens with one attached hydrogen (secondary N) is 2. The number of halogens is 1. The predicted octanol–water partition coefficient (Wildman–Crippen LogP) is -0.464. The Morgan fingerprint density at radius 1 is 1.33 bits per heavy atom. The Morgan fingerprint density at radius 3 is 2.62 bits per heavy atom. The van der Waals surface area contributed by atoms with E-state index in [9.17, 15) is 22.4 Å². The van der Waals surface area contributed by atoms with Gasteiger partial charge in [-0.15, -0.1) is 0 Å². The number of hydrogen-bond donors (Lipinski definition) is 2. The second-order valence-corrected chi connectivity index (χ2v) is 7.55. The van der Waals surface area contributed by atoms with E-state index in [1.165, 1.54) is 24.1 Å². The summed E-state index contributed by atoms with van der Waals surface area (Å²) in [6.07, 6.45) is -0.229. The molecule has 1 unspecified atom stereocenters. The van der Waals surface area contributed by atoms with Crippen molar-refractivity contribution in [2.75, 3.05) is 32.4 Å². The van der Waals surface area contributed by atoms with Crippen LogP contribution in [0.25, 0.3) is 0 Å². The van der Waals surface area contributed by atoms with Gasteiger partial charge in [-0.3, -0.25) is 9.59 Å². The molecule has 1 fully saturated rings. The molecule has 0 aliphatic carbocycles. The van der Waals surface area contributed by atoms with Gasteiger partial charge in [0.1, 0.15) is 11.9 Å². The average molecular weight is 357 g/mol. The van der Waals surface area contributed by atoms with Gasteiger partial charge in [0.15, 0.2) is 9.84 Å². The molecule has 0 bridgehead atoms. The molecule has 1 saturated heterocycles. The Hall–Kier alpha value is -2.00. The standard InChI is InChI=1S/C15H20FN3O4S/c1-17-15(21)13-10-18-7-8-19(13)14(20)6-9-24(22,23)12-4-2-11(16)3-5-12/h2-5,13,18H,6-10H2,1H3,(H,17,21). The molecule has 9 heteroatoms. The first-order valence-corrected chi connectivity index (χ1v) is 9.20. The summed E-state index contributed by atoms with van der Waals surface area (Å²) in [6.45, 7) is 1.22. The molecule has 2 rings (SSSR count). The van der Waals surface area contributed by atoms with Gasteiger partial charge in [-0.2, -0.15) is 0 Å². The first-order valence-electron chi connectivity index (χ1n) is 7.55. The maximum absolute atomic E-state index is 12.9. The number of nitrogens with zero attached hydrogens (tertiary/aromatic N) is 1. The van der Waals surface area contributed by atoms with Crippen LogP contribution in [0.1, 0.15) is 6.42 Å². The Balaban J connectivity index is 2.03. The molecule has 1 aliphatic heterocycles. The highest BCUT2D eigenvalue weighted by atomic mass is 32.2. The highest BCUT2D eigenvalue weighted by Crippen LogP contribution is 2.14. The number of amides is 2. The zero-order valence-corrected chi connectivity index (χ0v) is 14.1. The molecular formula is C15H20FN3O4S. The number of carbonyl (C=O) groups is 2. The van der Waals surface area contributed by atoms with E-state index in [0.717, 1.165) is 12.1 Å². The van der Waals surface area contributed by atoms with Crippen LogP contribution in [0.3, 0.4) is 0 Å². The first kappa shape index (κ1) is 18.3. The molecule has 7 nitrogen and oxygen atoms in total. The van der Waals surface area contributed by atoms with Crippen molar-refractivity contribution in [1.29, 1.82) is 0 Å². The maximum Gasteiger partial charge on any atom is 0.243 e. The molecule has 0 radical (unpaired) electrons. The highest BCUT2D eigenvalue weighted by molar-refractivity contribution is 7.91. The number of carbonyl (C=O) groups excluding carboxylic acids is 2. The fraction of sp³-hybridized carbons (Fsp3) is 0.467. The van der Waals surface area contributed by atoms with E-state index in [1.54, 1.807) is 0 Å². The van der Waals surface area contributed by atoms with Gasteiger partial charge in [0.05, 0.1) is 10.6 Å². The summed E-state index contributed by atoms with van der Waals surface area (Å²) in [5.74, 6) is -1.60. The largest absolute Gasteiger partial charge is 0.357 e. The Labute approximate surface area is 140 Å². The summed E-state index contributed by atoms with van der Waals surface area (Å²) < 4.78 is 37.3. The Kier molecular flexibility index (Phi) is 5.89. The summed E-state index contributed by atoms with van der Waals surface area (Å²) in [5, 5.41) is 5.53. The Bertz CT molecular complexity index is 706. The molecule has 1 aromatic rings. The molecule has 2 amide bonds. The normalized spacial score (nSPS) is 18.2. The zero-order chi connectivity index (χ0) is 17.7. The summed E-state index contributed by atoms with van der Waals surface area (Å²) in [5.41, 5.74) is 0. The highest BCUT2D eigenvalue weighted by Gasteiger charge is 2.31. The lowest BCUT2D eigenvalue weighted by Gasteiger charge is -2.35. The zero-order valence-electron chi connectivity index (χ0n) is 13.3. The van der Waals surface area contributed by atoms with E-state index in [-0.39, 0.29) is 23.0 Å². The van der Waals surface area contributed by atoms with Crippen LogP contribution >= 0.6 is 0 Å². The topological polar surface area (TPSA) is 95.6 Å². The van der Waals surface area contributed by atoms with Gasteiger partial charge in [0.2, 0.25) is 11.8 Å². The van der Waals surface area contributed by atoms with Crippen molar-refractivity contribution in [2.45, 2.75) is 17.4 Å². The molecule has 1 aromatic carbocycles. The third kappa shape index (κ3) is 4.30. The molecule has 0 spiro atoms. The van der Waals surface area contributed by atoms with E-state index in [4.69, 9.17) is 0 Å². The maximum atomic E-state index is 12.9. The van der Waals surface area contributed by atoms with Crippen LogP contribution in [0.5, 0.6) is 0 Å². The molecule has 132 valence electrons. The van der Waals surface area contributed by atoms with Crippen LogP contribution in [0.15, 0.2) is 29.2 Å². The molecule has 0 aromatic heterocycles. The number of benzene rings is 1. The van der Waals surface area contributed by atoms with Crippen LogP contribution in [-0.4, -0.2) is 63.6 Å². The van der Waals surface area contributed by atoms with Crippen LogP contribution in [0.4, 0.5) is 4.39 Å².